The summed E-state index contributed by atoms with van der Waals surface area (Å²) in [7, 11) is 0. The SMILES string of the molecule is CC1CCC(c2ccccc2C2CC(C(=O)O)CN2)CC1. The van der Waals surface area contributed by atoms with Crippen LogP contribution >= 0.6 is 0 Å². The lowest BCUT2D eigenvalue weighted by Gasteiger charge is -2.29. The van der Waals surface area contributed by atoms with E-state index in [9.17, 15) is 9.90 Å². The highest BCUT2D eigenvalue weighted by atomic mass is 16.4. The first-order valence-electron chi connectivity index (χ1n) is 8.20. The molecule has 2 unspecified atom stereocenters. The minimum atomic E-state index is -0.672. The summed E-state index contributed by atoms with van der Waals surface area (Å²) < 4.78 is 0. The maximum absolute atomic E-state index is 11.2. The minimum Gasteiger partial charge on any atom is -0.481 e. The lowest BCUT2D eigenvalue weighted by Crippen LogP contribution is -2.19. The first-order chi connectivity index (χ1) is 10.1. The van der Waals surface area contributed by atoms with Gasteiger partial charge in [0.15, 0.2) is 0 Å². The molecule has 0 aromatic heterocycles. The van der Waals surface area contributed by atoms with Crippen LogP contribution < -0.4 is 5.32 Å². The third-order valence-electron chi connectivity index (χ3n) is 5.31. The summed E-state index contributed by atoms with van der Waals surface area (Å²) >= 11 is 0. The maximum Gasteiger partial charge on any atom is 0.307 e. The van der Waals surface area contributed by atoms with Crippen LogP contribution in [0, 0.1) is 11.8 Å². The lowest BCUT2D eigenvalue weighted by molar-refractivity contribution is -0.141. The van der Waals surface area contributed by atoms with Crippen LogP contribution in [0.25, 0.3) is 0 Å². The Kier molecular flexibility index (Phi) is 4.29. The van der Waals surface area contributed by atoms with Crippen LogP contribution in [-0.2, 0) is 4.79 Å². The van der Waals surface area contributed by atoms with E-state index in [1.807, 2.05) is 0 Å². The van der Waals surface area contributed by atoms with E-state index in [2.05, 4.69) is 36.5 Å². The van der Waals surface area contributed by atoms with Crippen molar-refractivity contribution in [3.63, 3.8) is 0 Å². The third kappa shape index (κ3) is 3.13. The quantitative estimate of drug-likeness (QED) is 0.891. The van der Waals surface area contributed by atoms with Crippen molar-refractivity contribution in [2.45, 2.75) is 51.0 Å². The molecule has 1 heterocycles. The second-order valence-corrected chi connectivity index (χ2v) is 6.82. The maximum atomic E-state index is 11.2. The Bertz CT molecular complexity index is 506. The van der Waals surface area contributed by atoms with Crippen LogP contribution in [0.15, 0.2) is 24.3 Å². The normalized spacial score (nSPS) is 33.0. The molecule has 1 aliphatic heterocycles. The highest BCUT2D eigenvalue weighted by Gasteiger charge is 2.32. The number of hydrogen-bond donors (Lipinski definition) is 2. The average Bonchev–Trinajstić information content (AvgIpc) is 2.98. The van der Waals surface area contributed by atoms with Gasteiger partial charge < -0.3 is 10.4 Å². The summed E-state index contributed by atoms with van der Waals surface area (Å²) in [5, 5.41) is 12.6. The van der Waals surface area contributed by atoms with Gasteiger partial charge >= 0.3 is 5.97 Å². The molecule has 3 rings (SSSR count). The largest absolute Gasteiger partial charge is 0.481 e. The first-order valence-corrected chi connectivity index (χ1v) is 8.20. The van der Waals surface area contributed by atoms with Crippen molar-refractivity contribution in [2.75, 3.05) is 6.54 Å². The molecule has 1 aromatic carbocycles. The molecule has 3 heteroatoms. The molecule has 1 saturated carbocycles. The standard InChI is InChI=1S/C18H25NO2/c1-12-6-8-13(9-7-12)15-4-2-3-5-16(15)17-10-14(11-19-17)18(20)21/h2-5,12-14,17,19H,6-11H2,1H3,(H,20,21). The Morgan fingerprint density at radius 2 is 1.81 bits per heavy atom. The smallest absolute Gasteiger partial charge is 0.307 e. The molecule has 114 valence electrons. The van der Waals surface area contributed by atoms with Crippen molar-refractivity contribution in [3.8, 4) is 0 Å². The molecule has 0 amide bonds. The summed E-state index contributed by atoms with van der Waals surface area (Å²) in [6.45, 7) is 2.94. The van der Waals surface area contributed by atoms with Crippen LogP contribution in [0.1, 0.15) is 62.1 Å². The van der Waals surface area contributed by atoms with Gasteiger partial charge in [-0.15, -0.1) is 0 Å². The van der Waals surface area contributed by atoms with Gasteiger partial charge in [-0.25, -0.2) is 0 Å². The molecule has 0 spiro atoms. The number of carboxylic acid groups (broad SMARTS) is 1. The van der Waals surface area contributed by atoms with E-state index in [-0.39, 0.29) is 12.0 Å². The molecule has 1 aromatic rings. The first kappa shape index (κ1) is 14.6. The Morgan fingerprint density at radius 3 is 2.43 bits per heavy atom. The summed E-state index contributed by atoms with van der Waals surface area (Å²) in [6, 6.07) is 8.86. The van der Waals surface area contributed by atoms with E-state index in [4.69, 9.17) is 0 Å². The lowest BCUT2D eigenvalue weighted by atomic mass is 9.77. The molecule has 0 radical (unpaired) electrons. The number of nitrogens with one attached hydrogen (secondary N) is 1. The number of hydrogen-bond acceptors (Lipinski definition) is 2. The van der Waals surface area contributed by atoms with Gasteiger partial charge in [0.25, 0.3) is 0 Å². The van der Waals surface area contributed by atoms with Crippen LogP contribution in [-0.4, -0.2) is 17.6 Å². The van der Waals surface area contributed by atoms with Gasteiger partial charge in [-0.2, -0.15) is 0 Å². The predicted octanol–water partition coefficient (Wildman–Crippen LogP) is 3.72. The number of benzene rings is 1. The van der Waals surface area contributed by atoms with Crippen molar-refractivity contribution >= 4 is 5.97 Å². The van der Waals surface area contributed by atoms with Gasteiger partial charge in [-0.1, -0.05) is 44.0 Å². The van der Waals surface area contributed by atoms with E-state index in [1.54, 1.807) is 0 Å². The number of carbonyl (C=O) groups is 1. The van der Waals surface area contributed by atoms with Crippen molar-refractivity contribution in [2.24, 2.45) is 11.8 Å². The molecule has 21 heavy (non-hydrogen) atoms. The summed E-state index contributed by atoms with van der Waals surface area (Å²) in [6.07, 6.45) is 5.89. The van der Waals surface area contributed by atoms with Crippen molar-refractivity contribution in [3.05, 3.63) is 35.4 Å². The van der Waals surface area contributed by atoms with Crippen molar-refractivity contribution in [1.82, 2.24) is 5.32 Å². The van der Waals surface area contributed by atoms with Gasteiger partial charge in [0.05, 0.1) is 5.92 Å². The zero-order valence-electron chi connectivity index (χ0n) is 12.7. The molecule has 2 atom stereocenters. The van der Waals surface area contributed by atoms with Gasteiger partial charge in [0.2, 0.25) is 0 Å². The van der Waals surface area contributed by atoms with E-state index in [0.29, 0.717) is 12.5 Å². The number of carboxylic acids is 1. The molecule has 2 N–H and O–H groups in total. The second-order valence-electron chi connectivity index (χ2n) is 6.82. The van der Waals surface area contributed by atoms with Gasteiger partial charge in [0, 0.05) is 12.6 Å². The van der Waals surface area contributed by atoms with Crippen LogP contribution in [0.5, 0.6) is 0 Å². The molecule has 0 bridgehead atoms. The second kappa shape index (κ2) is 6.18. The molecule has 2 aliphatic rings. The highest BCUT2D eigenvalue weighted by molar-refractivity contribution is 5.70. The fourth-order valence-electron chi connectivity index (χ4n) is 3.93. The summed E-state index contributed by atoms with van der Waals surface area (Å²) in [5.74, 6) is 0.598. The van der Waals surface area contributed by atoms with E-state index in [1.165, 1.54) is 36.8 Å². The molecule has 1 aliphatic carbocycles. The molecular weight excluding hydrogens is 262 g/mol. The minimum absolute atomic E-state index is 0.210. The molecular formula is C18H25NO2. The number of aliphatic carboxylic acids is 1. The summed E-state index contributed by atoms with van der Waals surface area (Å²) in [5.41, 5.74) is 2.79. The zero-order chi connectivity index (χ0) is 14.8. The average molecular weight is 287 g/mol. The van der Waals surface area contributed by atoms with Crippen LogP contribution in [0.4, 0.5) is 0 Å². The predicted molar refractivity (Wildman–Crippen MR) is 83.3 cm³/mol. The topological polar surface area (TPSA) is 49.3 Å². The van der Waals surface area contributed by atoms with Crippen LogP contribution in [0.3, 0.4) is 0 Å². The van der Waals surface area contributed by atoms with E-state index >= 15 is 0 Å². The highest BCUT2D eigenvalue weighted by Crippen LogP contribution is 2.40. The fourth-order valence-corrected chi connectivity index (χ4v) is 3.93. The molecule has 3 nitrogen and oxygen atoms in total. The van der Waals surface area contributed by atoms with Gasteiger partial charge in [0.1, 0.15) is 0 Å². The zero-order valence-corrected chi connectivity index (χ0v) is 12.7. The van der Waals surface area contributed by atoms with Gasteiger partial charge in [-0.05, 0) is 42.2 Å². The van der Waals surface area contributed by atoms with E-state index < -0.39 is 5.97 Å². The van der Waals surface area contributed by atoms with E-state index in [0.717, 1.165) is 12.3 Å². The van der Waals surface area contributed by atoms with Crippen LogP contribution in [0.2, 0.25) is 0 Å². The monoisotopic (exact) mass is 287 g/mol. The Balaban J connectivity index is 1.78. The van der Waals surface area contributed by atoms with Gasteiger partial charge in [-0.3, -0.25) is 4.79 Å². The Morgan fingerprint density at radius 1 is 1.14 bits per heavy atom. The molecule has 1 saturated heterocycles. The third-order valence-corrected chi connectivity index (χ3v) is 5.31. The van der Waals surface area contributed by atoms with Crippen molar-refractivity contribution < 1.29 is 9.90 Å². The summed E-state index contributed by atoms with van der Waals surface area (Å²) in [4.78, 5) is 11.2. The number of rotatable bonds is 3. The van der Waals surface area contributed by atoms with Crippen molar-refractivity contribution in [1.29, 1.82) is 0 Å². The molecule has 2 fully saturated rings. The Labute approximate surface area is 126 Å². The Hall–Kier alpha value is -1.35. The fraction of sp³-hybridized carbons (Fsp3) is 0.611.